The first kappa shape index (κ1) is 10.4. The molecular formula is C8H12N2O2S. The van der Waals surface area contributed by atoms with Crippen LogP contribution in [0.4, 0.5) is 0 Å². The molecule has 1 rings (SSSR count). The van der Waals surface area contributed by atoms with Crippen molar-refractivity contribution in [3.8, 4) is 0 Å². The summed E-state index contributed by atoms with van der Waals surface area (Å²) in [4.78, 5) is 8.02. The molecule has 4 nitrogen and oxygen atoms in total. The van der Waals surface area contributed by atoms with Crippen LogP contribution in [0.1, 0.15) is 18.1 Å². The van der Waals surface area contributed by atoms with Crippen LogP contribution in [0.3, 0.4) is 0 Å². The quantitative estimate of drug-likeness (QED) is 0.551. The molecule has 0 aromatic carbocycles. The summed E-state index contributed by atoms with van der Waals surface area (Å²) in [5, 5.41) is 18.7. The molecule has 72 valence electrons. The lowest BCUT2D eigenvalue weighted by molar-refractivity contribution is 0.133. The Hall–Kier alpha value is -0.650. The van der Waals surface area contributed by atoms with Gasteiger partial charge in [0, 0.05) is 31.0 Å². The first-order valence-corrected chi connectivity index (χ1v) is 5.15. The fourth-order valence-corrected chi connectivity index (χ4v) is 1.21. The Kier molecular flexibility index (Phi) is 4.14. The van der Waals surface area contributed by atoms with Gasteiger partial charge in [0.05, 0.1) is 6.10 Å². The fourth-order valence-electron chi connectivity index (χ4n) is 0.893. The maximum absolute atomic E-state index is 9.44. The summed E-state index contributed by atoms with van der Waals surface area (Å²) in [6.07, 6.45) is 4.71. The maximum atomic E-state index is 9.44. The molecule has 2 N–H and O–H groups in total. The summed E-state index contributed by atoms with van der Waals surface area (Å²) in [6, 6.07) is 0. The van der Waals surface area contributed by atoms with Gasteiger partial charge in [-0.05, 0) is 6.26 Å². The minimum atomic E-state index is -0.666. The van der Waals surface area contributed by atoms with E-state index in [-0.39, 0.29) is 6.61 Å². The zero-order valence-electron chi connectivity index (χ0n) is 7.34. The second kappa shape index (κ2) is 5.16. The highest BCUT2D eigenvalue weighted by molar-refractivity contribution is 7.98. The molecule has 0 saturated heterocycles. The van der Waals surface area contributed by atoms with Gasteiger partial charge in [-0.3, -0.25) is 0 Å². The Bertz CT molecular complexity index is 253. The monoisotopic (exact) mass is 200 g/mol. The lowest BCUT2D eigenvalue weighted by atomic mass is 10.1. The lowest BCUT2D eigenvalue weighted by Crippen LogP contribution is -2.01. The van der Waals surface area contributed by atoms with Crippen molar-refractivity contribution in [2.45, 2.75) is 17.7 Å². The van der Waals surface area contributed by atoms with Gasteiger partial charge in [-0.1, -0.05) is 11.8 Å². The summed E-state index contributed by atoms with van der Waals surface area (Å²) >= 11 is 1.45. The number of aliphatic hydroxyl groups is 2. The van der Waals surface area contributed by atoms with Gasteiger partial charge in [0.2, 0.25) is 0 Å². The number of thioether (sulfide) groups is 1. The van der Waals surface area contributed by atoms with Crippen molar-refractivity contribution in [1.82, 2.24) is 9.97 Å². The summed E-state index contributed by atoms with van der Waals surface area (Å²) in [7, 11) is 0. The molecule has 0 saturated carbocycles. The first-order valence-electron chi connectivity index (χ1n) is 3.92. The molecule has 0 aliphatic carbocycles. The second-order valence-electron chi connectivity index (χ2n) is 2.53. The highest BCUT2D eigenvalue weighted by atomic mass is 32.2. The molecular weight excluding hydrogens is 188 g/mol. The van der Waals surface area contributed by atoms with Crippen LogP contribution in [0.25, 0.3) is 0 Å². The van der Waals surface area contributed by atoms with E-state index in [1.165, 1.54) is 11.8 Å². The van der Waals surface area contributed by atoms with Gasteiger partial charge in [-0.15, -0.1) is 0 Å². The lowest BCUT2D eigenvalue weighted by Gasteiger charge is -2.07. The molecule has 0 aliphatic heterocycles. The Labute approximate surface area is 81.0 Å². The number of rotatable bonds is 4. The number of nitrogens with zero attached hydrogens (tertiary/aromatic N) is 2. The van der Waals surface area contributed by atoms with Gasteiger partial charge in [0.1, 0.15) is 0 Å². The van der Waals surface area contributed by atoms with E-state index < -0.39 is 6.10 Å². The number of aliphatic hydroxyl groups excluding tert-OH is 2. The Morgan fingerprint density at radius 3 is 2.54 bits per heavy atom. The minimum absolute atomic E-state index is 0.0363. The van der Waals surface area contributed by atoms with E-state index in [1.54, 1.807) is 12.4 Å². The van der Waals surface area contributed by atoms with Crippen LogP contribution in [0.15, 0.2) is 17.6 Å². The first-order chi connectivity index (χ1) is 6.27. The van der Waals surface area contributed by atoms with Crippen molar-refractivity contribution in [2.75, 3.05) is 12.9 Å². The summed E-state index contributed by atoms with van der Waals surface area (Å²) < 4.78 is 0. The van der Waals surface area contributed by atoms with E-state index in [0.717, 1.165) is 0 Å². The average Bonchev–Trinajstić information content (AvgIpc) is 2.18. The molecule has 1 heterocycles. The number of aromatic nitrogens is 2. The predicted molar refractivity (Wildman–Crippen MR) is 50.5 cm³/mol. The zero-order valence-corrected chi connectivity index (χ0v) is 8.16. The zero-order chi connectivity index (χ0) is 9.68. The molecule has 13 heavy (non-hydrogen) atoms. The van der Waals surface area contributed by atoms with Crippen molar-refractivity contribution in [3.05, 3.63) is 18.0 Å². The van der Waals surface area contributed by atoms with Crippen LogP contribution < -0.4 is 0 Å². The molecule has 5 heteroatoms. The highest BCUT2D eigenvalue weighted by Crippen LogP contribution is 2.15. The van der Waals surface area contributed by atoms with Crippen molar-refractivity contribution >= 4 is 11.8 Å². The highest BCUT2D eigenvalue weighted by Gasteiger charge is 2.07. The van der Waals surface area contributed by atoms with E-state index in [0.29, 0.717) is 17.1 Å². The van der Waals surface area contributed by atoms with Crippen molar-refractivity contribution in [3.63, 3.8) is 0 Å². The predicted octanol–water partition coefficient (Wildman–Crippen LogP) is 0.614. The molecule has 0 spiro atoms. The van der Waals surface area contributed by atoms with E-state index in [4.69, 9.17) is 5.11 Å². The van der Waals surface area contributed by atoms with Crippen molar-refractivity contribution in [1.29, 1.82) is 0 Å². The summed E-state index contributed by atoms with van der Waals surface area (Å²) in [6.45, 7) is -0.0363. The molecule has 1 aromatic rings. The Balaban J connectivity index is 2.67. The van der Waals surface area contributed by atoms with E-state index in [9.17, 15) is 5.11 Å². The van der Waals surface area contributed by atoms with Crippen LogP contribution >= 0.6 is 11.8 Å². The van der Waals surface area contributed by atoms with E-state index >= 15 is 0 Å². The van der Waals surface area contributed by atoms with Gasteiger partial charge in [0.25, 0.3) is 0 Å². The van der Waals surface area contributed by atoms with Crippen LogP contribution in [0.5, 0.6) is 0 Å². The molecule has 0 bridgehead atoms. The van der Waals surface area contributed by atoms with E-state index in [1.807, 2.05) is 6.26 Å². The minimum Gasteiger partial charge on any atom is -0.396 e. The number of hydrogen-bond acceptors (Lipinski definition) is 5. The summed E-state index contributed by atoms with van der Waals surface area (Å²) in [5.74, 6) is 0. The number of hydrogen-bond donors (Lipinski definition) is 2. The molecule has 0 fully saturated rings. The van der Waals surface area contributed by atoms with Crippen molar-refractivity contribution < 1.29 is 10.2 Å². The second-order valence-corrected chi connectivity index (χ2v) is 3.30. The van der Waals surface area contributed by atoms with Gasteiger partial charge >= 0.3 is 0 Å². The smallest absolute Gasteiger partial charge is 0.187 e. The SMILES string of the molecule is CSc1ncc(C(O)CCO)cn1. The maximum Gasteiger partial charge on any atom is 0.187 e. The fraction of sp³-hybridized carbons (Fsp3) is 0.500. The largest absolute Gasteiger partial charge is 0.396 e. The molecule has 0 radical (unpaired) electrons. The average molecular weight is 200 g/mol. The molecule has 0 aliphatic rings. The van der Waals surface area contributed by atoms with Crippen LogP contribution in [-0.2, 0) is 0 Å². The van der Waals surface area contributed by atoms with Crippen LogP contribution in [-0.4, -0.2) is 33.0 Å². The topological polar surface area (TPSA) is 66.2 Å². The normalized spacial score (nSPS) is 12.8. The third-order valence-corrected chi connectivity index (χ3v) is 2.19. The molecule has 1 atom stereocenters. The Morgan fingerprint density at radius 2 is 2.08 bits per heavy atom. The van der Waals surface area contributed by atoms with Gasteiger partial charge < -0.3 is 10.2 Å². The van der Waals surface area contributed by atoms with Gasteiger partial charge in [0.15, 0.2) is 5.16 Å². The van der Waals surface area contributed by atoms with Gasteiger partial charge in [-0.2, -0.15) is 0 Å². The summed E-state index contributed by atoms with van der Waals surface area (Å²) in [5.41, 5.74) is 0.645. The molecule has 1 aromatic heterocycles. The molecule has 1 unspecified atom stereocenters. The van der Waals surface area contributed by atoms with Crippen LogP contribution in [0, 0.1) is 0 Å². The molecule has 0 amide bonds. The third-order valence-electron chi connectivity index (χ3n) is 1.62. The third kappa shape index (κ3) is 2.95. The van der Waals surface area contributed by atoms with Gasteiger partial charge in [-0.25, -0.2) is 9.97 Å². The van der Waals surface area contributed by atoms with Crippen LogP contribution in [0.2, 0.25) is 0 Å². The van der Waals surface area contributed by atoms with E-state index in [2.05, 4.69) is 9.97 Å². The Morgan fingerprint density at radius 1 is 1.46 bits per heavy atom. The standard InChI is InChI=1S/C8H12N2O2S/c1-13-8-9-4-6(5-10-8)7(12)2-3-11/h4-5,7,11-12H,2-3H2,1H3. The van der Waals surface area contributed by atoms with Crippen molar-refractivity contribution in [2.24, 2.45) is 0 Å².